The molecular formula is C12H10Cl4N2O3S. The standard InChI is InChI=1S/C12H10Cl4N2O3S/c13-6-5(10(19)9(16)8(15)7(6)14)11(20)17-12(22)18-1-3-21-4-2-18/h19H,1-4H2,(H,17,20,22). The summed E-state index contributed by atoms with van der Waals surface area (Å²) in [6, 6.07) is 0. The average molecular weight is 404 g/mol. The number of carbonyl (C=O) groups excluding carboxylic acids is 1. The molecule has 22 heavy (non-hydrogen) atoms. The number of morpholine rings is 1. The fraction of sp³-hybridized carbons (Fsp3) is 0.333. The van der Waals surface area contributed by atoms with Crippen molar-refractivity contribution in [3.8, 4) is 5.75 Å². The second-order valence-electron chi connectivity index (χ2n) is 4.34. The molecule has 1 saturated heterocycles. The molecule has 0 bridgehead atoms. The van der Waals surface area contributed by atoms with E-state index in [1.807, 2.05) is 0 Å². The van der Waals surface area contributed by atoms with E-state index < -0.39 is 11.7 Å². The van der Waals surface area contributed by atoms with Crippen molar-refractivity contribution in [1.29, 1.82) is 0 Å². The number of carbonyl (C=O) groups is 1. The van der Waals surface area contributed by atoms with Gasteiger partial charge in [-0.1, -0.05) is 46.4 Å². The number of nitrogens with zero attached hydrogens (tertiary/aromatic N) is 1. The van der Waals surface area contributed by atoms with Crippen LogP contribution in [0.25, 0.3) is 0 Å². The van der Waals surface area contributed by atoms with Gasteiger partial charge in [-0.15, -0.1) is 0 Å². The number of phenols is 1. The maximum absolute atomic E-state index is 12.3. The van der Waals surface area contributed by atoms with Gasteiger partial charge in [0.2, 0.25) is 0 Å². The van der Waals surface area contributed by atoms with Gasteiger partial charge in [0.05, 0.1) is 28.3 Å². The molecule has 0 aromatic heterocycles. The summed E-state index contributed by atoms with van der Waals surface area (Å²) >= 11 is 28.6. The van der Waals surface area contributed by atoms with Crippen LogP contribution in [0.2, 0.25) is 20.1 Å². The fourth-order valence-electron chi connectivity index (χ4n) is 1.83. The van der Waals surface area contributed by atoms with Gasteiger partial charge in [-0.2, -0.15) is 0 Å². The molecule has 10 heteroatoms. The lowest BCUT2D eigenvalue weighted by molar-refractivity contribution is 0.0669. The number of halogens is 4. The number of hydrogen-bond acceptors (Lipinski definition) is 4. The molecule has 1 aromatic rings. The van der Waals surface area contributed by atoms with Crippen LogP contribution in [0.1, 0.15) is 10.4 Å². The van der Waals surface area contributed by atoms with Crippen LogP contribution in [0.3, 0.4) is 0 Å². The average Bonchev–Trinajstić information content (AvgIpc) is 2.52. The topological polar surface area (TPSA) is 61.8 Å². The van der Waals surface area contributed by atoms with Gasteiger partial charge >= 0.3 is 0 Å². The van der Waals surface area contributed by atoms with E-state index in [2.05, 4.69) is 5.32 Å². The molecule has 0 aliphatic carbocycles. The van der Waals surface area contributed by atoms with Gasteiger partial charge in [0, 0.05) is 13.1 Å². The number of rotatable bonds is 1. The summed E-state index contributed by atoms with van der Waals surface area (Å²) in [7, 11) is 0. The molecule has 1 fully saturated rings. The van der Waals surface area contributed by atoms with E-state index in [1.165, 1.54) is 0 Å². The molecule has 1 heterocycles. The first-order valence-electron chi connectivity index (χ1n) is 6.07. The lowest BCUT2D eigenvalue weighted by Gasteiger charge is -2.29. The van der Waals surface area contributed by atoms with Gasteiger partial charge in [0.15, 0.2) is 5.11 Å². The third-order valence-electron chi connectivity index (χ3n) is 2.99. The molecule has 120 valence electrons. The second-order valence-corrected chi connectivity index (χ2v) is 6.24. The predicted octanol–water partition coefficient (Wildman–Crippen LogP) is 3.35. The van der Waals surface area contributed by atoms with Crippen LogP contribution < -0.4 is 5.32 Å². The molecule has 0 unspecified atom stereocenters. The van der Waals surface area contributed by atoms with E-state index in [1.54, 1.807) is 4.90 Å². The molecule has 0 atom stereocenters. The van der Waals surface area contributed by atoms with Gasteiger partial charge in [-0.05, 0) is 12.2 Å². The van der Waals surface area contributed by atoms with Crippen LogP contribution in [0, 0.1) is 0 Å². The van der Waals surface area contributed by atoms with Crippen molar-refractivity contribution in [1.82, 2.24) is 10.2 Å². The minimum Gasteiger partial charge on any atom is -0.505 e. The Morgan fingerprint density at radius 2 is 1.64 bits per heavy atom. The first kappa shape index (κ1) is 17.8. The number of amides is 1. The number of nitrogens with one attached hydrogen (secondary N) is 1. The second kappa shape index (κ2) is 7.38. The number of benzene rings is 1. The molecule has 2 rings (SSSR count). The molecule has 1 amide bonds. The fourth-order valence-corrected chi connectivity index (χ4v) is 3.04. The smallest absolute Gasteiger partial charge is 0.262 e. The van der Waals surface area contributed by atoms with E-state index in [4.69, 9.17) is 63.4 Å². The van der Waals surface area contributed by atoms with Crippen LogP contribution in [-0.2, 0) is 4.74 Å². The van der Waals surface area contributed by atoms with Crippen LogP contribution in [0.5, 0.6) is 5.75 Å². The monoisotopic (exact) mass is 402 g/mol. The number of phenolic OH excluding ortho intramolecular Hbond substituents is 1. The van der Waals surface area contributed by atoms with Crippen LogP contribution in [0.15, 0.2) is 0 Å². The van der Waals surface area contributed by atoms with Crippen molar-refractivity contribution in [3.05, 3.63) is 25.7 Å². The largest absolute Gasteiger partial charge is 0.505 e. The molecule has 1 aromatic carbocycles. The quantitative estimate of drug-likeness (QED) is 0.427. The molecule has 1 aliphatic rings. The zero-order chi connectivity index (χ0) is 16.4. The number of thiocarbonyl (C=S) groups is 1. The van der Waals surface area contributed by atoms with Crippen molar-refractivity contribution in [2.75, 3.05) is 26.3 Å². The van der Waals surface area contributed by atoms with E-state index in [0.717, 1.165) is 0 Å². The Balaban J connectivity index is 2.24. The van der Waals surface area contributed by atoms with Crippen molar-refractivity contribution < 1.29 is 14.6 Å². The number of hydrogen-bond donors (Lipinski definition) is 2. The summed E-state index contributed by atoms with van der Waals surface area (Å²) in [5, 5.41) is 12.0. The SMILES string of the molecule is O=C(NC(=S)N1CCOCC1)c1c(O)c(Cl)c(Cl)c(Cl)c1Cl. The highest BCUT2D eigenvalue weighted by Crippen LogP contribution is 2.44. The molecule has 2 N–H and O–H groups in total. The molecular weight excluding hydrogens is 394 g/mol. The van der Waals surface area contributed by atoms with Crippen molar-refractivity contribution in [2.45, 2.75) is 0 Å². The highest BCUT2D eigenvalue weighted by molar-refractivity contribution is 7.80. The minimum absolute atomic E-state index is 0.117. The summed E-state index contributed by atoms with van der Waals surface area (Å²) in [5.74, 6) is -1.28. The van der Waals surface area contributed by atoms with E-state index in [0.29, 0.717) is 26.3 Å². The lowest BCUT2D eigenvalue weighted by atomic mass is 10.2. The molecule has 5 nitrogen and oxygen atoms in total. The lowest BCUT2D eigenvalue weighted by Crippen LogP contribution is -2.47. The Morgan fingerprint density at radius 1 is 1.09 bits per heavy atom. The summed E-state index contributed by atoms with van der Waals surface area (Å²) in [6.07, 6.45) is 0. The first-order valence-corrected chi connectivity index (χ1v) is 7.99. The highest BCUT2D eigenvalue weighted by atomic mass is 35.5. The molecule has 0 saturated carbocycles. The Morgan fingerprint density at radius 3 is 2.23 bits per heavy atom. The Hall–Kier alpha value is -0.500. The Bertz CT molecular complexity index is 606. The third kappa shape index (κ3) is 3.53. The zero-order valence-electron chi connectivity index (χ0n) is 11.0. The van der Waals surface area contributed by atoms with Crippen LogP contribution >= 0.6 is 58.6 Å². The van der Waals surface area contributed by atoms with Crippen LogP contribution in [0.4, 0.5) is 0 Å². The molecule has 1 aliphatic heterocycles. The van der Waals surface area contributed by atoms with Gasteiger partial charge in [-0.25, -0.2) is 0 Å². The summed E-state index contributed by atoms with van der Waals surface area (Å²) in [6.45, 7) is 2.14. The van der Waals surface area contributed by atoms with Crippen molar-refractivity contribution in [3.63, 3.8) is 0 Å². The zero-order valence-corrected chi connectivity index (χ0v) is 14.8. The maximum atomic E-state index is 12.3. The first-order chi connectivity index (χ1) is 10.3. The van der Waals surface area contributed by atoms with E-state index in [-0.39, 0.29) is 30.8 Å². The maximum Gasteiger partial charge on any atom is 0.262 e. The summed E-state index contributed by atoms with van der Waals surface area (Å²) in [4.78, 5) is 14.1. The predicted molar refractivity (Wildman–Crippen MR) is 90.6 cm³/mol. The molecule has 0 spiro atoms. The highest BCUT2D eigenvalue weighted by Gasteiger charge is 2.26. The number of aromatic hydroxyl groups is 1. The minimum atomic E-state index is -0.723. The van der Waals surface area contributed by atoms with Crippen molar-refractivity contribution in [2.24, 2.45) is 0 Å². The summed E-state index contributed by atoms with van der Waals surface area (Å²) < 4.78 is 5.20. The van der Waals surface area contributed by atoms with Gasteiger partial charge < -0.3 is 14.7 Å². The third-order valence-corrected chi connectivity index (χ3v) is 5.14. The summed E-state index contributed by atoms with van der Waals surface area (Å²) in [5.41, 5.74) is -0.281. The van der Waals surface area contributed by atoms with Gasteiger partial charge in [0.25, 0.3) is 5.91 Å². The van der Waals surface area contributed by atoms with Crippen molar-refractivity contribution >= 4 is 69.6 Å². The van der Waals surface area contributed by atoms with E-state index >= 15 is 0 Å². The van der Waals surface area contributed by atoms with Gasteiger partial charge in [0.1, 0.15) is 16.3 Å². The normalized spacial score (nSPS) is 14.8. The molecule has 0 radical (unpaired) electrons. The van der Waals surface area contributed by atoms with Gasteiger partial charge in [-0.3, -0.25) is 10.1 Å². The van der Waals surface area contributed by atoms with Crippen LogP contribution in [-0.4, -0.2) is 47.3 Å². The Labute approximate surface area is 152 Å². The Kier molecular flexibility index (Phi) is 5.99. The number of ether oxygens (including phenoxy) is 1. The van der Waals surface area contributed by atoms with E-state index in [9.17, 15) is 9.90 Å².